The van der Waals surface area contributed by atoms with E-state index in [0.29, 0.717) is 6.54 Å². The van der Waals surface area contributed by atoms with Gasteiger partial charge in [-0.2, -0.15) is 0 Å². The summed E-state index contributed by atoms with van der Waals surface area (Å²) in [6.45, 7) is 7.27. The van der Waals surface area contributed by atoms with Crippen molar-refractivity contribution >= 4 is 23.3 Å². The summed E-state index contributed by atoms with van der Waals surface area (Å²) in [4.78, 5) is 35.3. The van der Waals surface area contributed by atoms with Crippen molar-refractivity contribution in [1.82, 2.24) is 5.32 Å². The molecule has 0 spiro atoms. The van der Waals surface area contributed by atoms with Gasteiger partial charge in [-0.15, -0.1) is 0 Å². The average molecular weight is 399 g/mol. The van der Waals surface area contributed by atoms with Crippen molar-refractivity contribution < 1.29 is 19.2 Å². The zero-order chi connectivity index (χ0) is 21.6. The third kappa shape index (κ3) is 6.60. The largest absolute Gasteiger partial charge is 0.449 e. The molecule has 2 aromatic carbocycles. The molecule has 8 nitrogen and oxygen atoms in total. The van der Waals surface area contributed by atoms with Gasteiger partial charge in [-0.3, -0.25) is 14.9 Å². The van der Waals surface area contributed by atoms with Crippen molar-refractivity contribution in [3.63, 3.8) is 0 Å². The standard InChI is InChI=1S/C21H25N3O5/c1-14(19(25)23-21(2,3)4)29-20(26)16-10-11-17(18(12-16)24(27)28)22-13-15-8-6-5-7-9-15/h5-12,14,22H,13H2,1-4H3,(H,23,25)/t14-/m1/s1. The summed E-state index contributed by atoms with van der Waals surface area (Å²) in [5, 5.41) is 17.2. The highest BCUT2D eigenvalue weighted by atomic mass is 16.6. The van der Waals surface area contributed by atoms with Gasteiger partial charge < -0.3 is 15.4 Å². The Balaban J connectivity index is 2.11. The van der Waals surface area contributed by atoms with Crippen molar-refractivity contribution in [2.24, 2.45) is 0 Å². The average Bonchev–Trinajstić information content (AvgIpc) is 2.65. The molecule has 0 bridgehead atoms. The zero-order valence-corrected chi connectivity index (χ0v) is 16.9. The van der Waals surface area contributed by atoms with Gasteiger partial charge in [0.25, 0.3) is 11.6 Å². The fourth-order valence-electron chi connectivity index (χ4n) is 2.51. The lowest BCUT2D eigenvalue weighted by Gasteiger charge is -2.23. The Bertz CT molecular complexity index is 891. The van der Waals surface area contributed by atoms with Gasteiger partial charge in [-0.05, 0) is 45.4 Å². The van der Waals surface area contributed by atoms with Gasteiger partial charge in [0.2, 0.25) is 0 Å². The van der Waals surface area contributed by atoms with Crippen LogP contribution in [0.3, 0.4) is 0 Å². The minimum Gasteiger partial charge on any atom is -0.449 e. The maximum absolute atomic E-state index is 12.3. The zero-order valence-electron chi connectivity index (χ0n) is 16.9. The molecule has 0 aliphatic rings. The second-order valence-electron chi connectivity index (χ2n) is 7.61. The van der Waals surface area contributed by atoms with E-state index in [1.54, 1.807) is 0 Å². The molecule has 0 saturated carbocycles. The molecule has 0 saturated heterocycles. The first-order valence-electron chi connectivity index (χ1n) is 9.16. The topological polar surface area (TPSA) is 111 Å². The first-order chi connectivity index (χ1) is 13.6. The number of hydrogen-bond donors (Lipinski definition) is 2. The second kappa shape index (κ2) is 9.18. The van der Waals surface area contributed by atoms with E-state index in [9.17, 15) is 19.7 Å². The third-order valence-corrected chi connectivity index (χ3v) is 3.91. The van der Waals surface area contributed by atoms with E-state index < -0.39 is 28.4 Å². The lowest BCUT2D eigenvalue weighted by molar-refractivity contribution is -0.384. The van der Waals surface area contributed by atoms with Crippen LogP contribution in [0, 0.1) is 10.1 Å². The molecule has 0 unspecified atom stereocenters. The first kappa shape index (κ1) is 21.9. The van der Waals surface area contributed by atoms with Gasteiger partial charge in [0, 0.05) is 18.2 Å². The van der Waals surface area contributed by atoms with Crippen LogP contribution in [0.15, 0.2) is 48.5 Å². The number of benzene rings is 2. The van der Waals surface area contributed by atoms with E-state index in [2.05, 4.69) is 10.6 Å². The fraction of sp³-hybridized carbons (Fsp3) is 0.333. The Morgan fingerprint density at radius 2 is 1.79 bits per heavy atom. The number of ether oxygens (including phenoxy) is 1. The maximum atomic E-state index is 12.3. The van der Waals surface area contributed by atoms with Crippen molar-refractivity contribution in [3.8, 4) is 0 Å². The third-order valence-electron chi connectivity index (χ3n) is 3.91. The number of nitro benzene ring substituents is 1. The fourth-order valence-corrected chi connectivity index (χ4v) is 2.51. The van der Waals surface area contributed by atoms with Gasteiger partial charge in [-0.1, -0.05) is 30.3 Å². The van der Waals surface area contributed by atoms with E-state index in [1.807, 2.05) is 51.1 Å². The minimum absolute atomic E-state index is 0.00244. The summed E-state index contributed by atoms with van der Waals surface area (Å²) in [5.41, 5.74) is 0.528. The number of nitro groups is 1. The number of carbonyl (C=O) groups excluding carboxylic acids is 2. The van der Waals surface area contributed by atoms with E-state index >= 15 is 0 Å². The van der Waals surface area contributed by atoms with Crippen LogP contribution < -0.4 is 10.6 Å². The van der Waals surface area contributed by atoms with Crippen molar-refractivity contribution in [1.29, 1.82) is 0 Å². The van der Waals surface area contributed by atoms with Crippen molar-refractivity contribution in [2.45, 2.75) is 45.9 Å². The lowest BCUT2D eigenvalue weighted by Crippen LogP contribution is -2.46. The van der Waals surface area contributed by atoms with Crippen LogP contribution in [-0.4, -0.2) is 28.4 Å². The summed E-state index contributed by atoms with van der Waals surface area (Å²) in [7, 11) is 0. The summed E-state index contributed by atoms with van der Waals surface area (Å²) < 4.78 is 5.15. The molecule has 29 heavy (non-hydrogen) atoms. The summed E-state index contributed by atoms with van der Waals surface area (Å²) in [6, 6.07) is 13.5. The number of nitrogens with one attached hydrogen (secondary N) is 2. The number of carbonyl (C=O) groups is 2. The lowest BCUT2D eigenvalue weighted by atomic mass is 10.1. The molecular weight excluding hydrogens is 374 g/mol. The van der Waals surface area contributed by atoms with Crippen LogP contribution in [0.1, 0.15) is 43.6 Å². The smallest absolute Gasteiger partial charge is 0.339 e. The molecule has 1 atom stereocenters. The maximum Gasteiger partial charge on any atom is 0.339 e. The van der Waals surface area contributed by atoms with Gasteiger partial charge >= 0.3 is 5.97 Å². The molecule has 2 aromatic rings. The summed E-state index contributed by atoms with van der Waals surface area (Å²) in [5.74, 6) is -1.25. The van der Waals surface area contributed by atoms with Gasteiger partial charge in [-0.25, -0.2) is 4.79 Å². The summed E-state index contributed by atoms with van der Waals surface area (Å²) >= 11 is 0. The molecule has 0 heterocycles. The number of rotatable bonds is 7. The van der Waals surface area contributed by atoms with Crippen LogP contribution in [0.4, 0.5) is 11.4 Å². The Morgan fingerprint density at radius 3 is 2.38 bits per heavy atom. The van der Waals surface area contributed by atoms with Gasteiger partial charge in [0.1, 0.15) is 5.69 Å². The Kier molecular flexibility index (Phi) is 6.93. The van der Waals surface area contributed by atoms with E-state index in [0.717, 1.165) is 11.6 Å². The SMILES string of the molecule is C[C@@H](OC(=O)c1ccc(NCc2ccccc2)c([N+](=O)[O-])c1)C(=O)NC(C)(C)C. The minimum atomic E-state index is -1.03. The predicted octanol–water partition coefficient (Wildman–Crippen LogP) is 3.67. The second-order valence-corrected chi connectivity index (χ2v) is 7.61. The molecule has 0 aliphatic carbocycles. The van der Waals surface area contributed by atoms with Crippen LogP contribution >= 0.6 is 0 Å². The van der Waals surface area contributed by atoms with E-state index in [1.165, 1.54) is 19.1 Å². The molecule has 0 aromatic heterocycles. The Morgan fingerprint density at radius 1 is 1.14 bits per heavy atom. The molecule has 8 heteroatoms. The number of esters is 1. The van der Waals surface area contributed by atoms with Crippen LogP contribution in [0.25, 0.3) is 0 Å². The Labute approximate surface area is 169 Å². The predicted molar refractivity (Wildman–Crippen MR) is 110 cm³/mol. The monoisotopic (exact) mass is 399 g/mol. The van der Waals surface area contributed by atoms with E-state index in [4.69, 9.17) is 4.74 Å². The highest BCUT2D eigenvalue weighted by molar-refractivity contribution is 5.93. The molecule has 0 radical (unpaired) electrons. The molecular formula is C21H25N3O5. The normalized spacial score (nSPS) is 12.0. The van der Waals surface area contributed by atoms with Crippen LogP contribution in [-0.2, 0) is 16.1 Å². The quantitative estimate of drug-likeness (QED) is 0.418. The van der Waals surface area contributed by atoms with Crippen molar-refractivity contribution in [2.75, 3.05) is 5.32 Å². The molecule has 0 aliphatic heterocycles. The highest BCUT2D eigenvalue weighted by Gasteiger charge is 2.24. The summed E-state index contributed by atoms with van der Waals surface area (Å²) in [6.07, 6.45) is -1.03. The van der Waals surface area contributed by atoms with Gasteiger partial charge in [0.05, 0.1) is 10.5 Å². The van der Waals surface area contributed by atoms with E-state index in [-0.39, 0.29) is 16.9 Å². The molecule has 1 amide bonds. The molecule has 2 N–H and O–H groups in total. The number of anilines is 1. The number of hydrogen-bond acceptors (Lipinski definition) is 6. The Hall–Kier alpha value is -3.42. The first-order valence-corrected chi connectivity index (χ1v) is 9.16. The number of amides is 1. The molecule has 2 rings (SSSR count). The highest BCUT2D eigenvalue weighted by Crippen LogP contribution is 2.26. The van der Waals surface area contributed by atoms with Gasteiger partial charge in [0.15, 0.2) is 6.10 Å². The number of nitrogens with zero attached hydrogens (tertiary/aromatic N) is 1. The van der Waals surface area contributed by atoms with Crippen molar-refractivity contribution in [3.05, 3.63) is 69.8 Å². The molecule has 0 fully saturated rings. The van der Waals surface area contributed by atoms with Crippen LogP contribution in [0.5, 0.6) is 0 Å². The van der Waals surface area contributed by atoms with Crippen LogP contribution in [0.2, 0.25) is 0 Å². The molecule has 154 valence electrons.